The van der Waals surface area contributed by atoms with Crippen molar-refractivity contribution in [2.75, 3.05) is 46.4 Å². The van der Waals surface area contributed by atoms with Crippen LogP contribution in [-0.2, 0) is 11.3 Å². The van der Waals surface area contributed by atoms with Crippen LogP contribution in [0.5, 0.6) is 0 Å². The van der Waals surface area contributed by atoms with Crippen LogP contribution in [0.4, 0.5) is 4.79 Å². The molecule has 7 nitrogen and oxygen atoms in total. The number of likely N-dealkylation sites (N-methyl/N-ethyl adjacent to an activating group) is 1. The summed E-state index contributed by atoms with van der Waals surface area (Å²) in [6.07, 6.45) is 2.17. The quantitative estimate of drug-likeness (QED) is 0.840. The van der Waals surface area contributed by atoms with E-state index >= 15 is 0 Å². The van der Waals surface area contributed by atoms with E-state index in [4.69, 9.17) is 9.26 Å². The molecule has 7 heteroatoms. The molecule has 0 spiro atoms. The fourth-order valence-corrected chi connectivity index (χ4v) is 3.58. The van der Waals surface area contributed by atoms with Crippen LogP contribution < -0.4 is 0 Å². The number of likely N-dealkylation sites (tertiary alicyclic amines) is 1. The zero-order chi connectivity index (χ0) is 17.1. The Kier molecular flexibility index (Phi) is 5.40. The van der Waals surface area contributed by atoms with Crippen LogP contribution in [-0.4, -0.2) is 78.4 Å². The number of urea groups is 1. The van der Waals surface area contributed by atoms with E-state index in [-0.39, 0.29) is 12.1 Å². The molecule has 24 heavy (non-hydrogen) atoms. The van der Waals surface area contributed by atoms with Crippen molar-refractivity contribution >= 4 is 6.03 Å². The monoisotopic (exact) mass is 336 g/mol. The zero-order valence-electron chi connectivity index (χ0n) is 15.0. The van der Waals surface area contributed by atoms with Crippen LogP contribution in [0, 0.1) is 13.8 Å². The number of aromatic nitrogens is 1. The number of hydrogen-bond acceptors (Lipinski definition) is 5. The van der Waals surface area contributed by atoms with Crippen molar-refractivity contribution < 1.29 is 14.1 Å². The van der Waals surface area contributed by atoms with Gasteiger partial charge in [0.2, 0.25) is 0 Å². The summed E-state index contributed by atoms with van der Waals surface area (Å²) in [6, 6.07) is 0.386. The fraction of sp³-hybridized carbons (Fsp3) is 0.765. The maximum Gasteiger partial charge on any atom is 0.320 e. The minimum atomic E-state index is 0.127. The van der Waals surface area contributed by atoms with Gasteiger partial charge in [-0.3, -0.25) is 4.90 Å². The number of morpholine rings is 1. The van der Waals surface area contributed by atoms with Crippen molar-refractivity contribution in [1.29, 1.82) is 0 Å². The molecule has 2 amide bonds. The highest BCUT2D eigenvalue weighted by molar-refractivity contribution is 5.74. The third-order valence-corrected chi connectivity index (χ3v) is 5.17. The maximum absolute atomic E-state index is 12.7. The number of rotatable bonds is 3. The molecule has 3 heterocycles. The van der Waals surface area contributed by atoms with E-state index in [1.807, 2.05) is 30.7 Å². The SMILES string of the molecule is Cc1noc(C)c1CN1CCCC(N(C)C(=O)N2CCOCC2)C1. The van der Waals surface area contributed by atoms with Gasteiger partial charge in [0, 0.05) is 44.8 Å². The lowest BCUT2D eigenvalue weighted by molar-refractivity contribution is 0.0365. The van der Waals surface area contributed by atoms with Gasteiger partial charge in [-0.15, -0.1) is 0 Å². The van der Waals surface area contributed by atoms with Crippen molar-refractivity contribution in [1.82, 2.24) is 19.9 Å². The highest BCUT2D eigenvalue weighted by Crippen LogP contribution is 2.21. The Balaban J connectivity index is 1.59. The van der Waals surface area contributed by atoms with Gasteiger partial charge in [-0.2, -0.15) is 0 Å². The Morgan fingerprint density at radius 1 is 1.29 bits per heavy atom. The first-order valence-corrected chi connectivity index (χ1v) is 8.80. The third kappa shape index (κ3) is 3.72. The molecule has 3 rings (SSSR count). The average molecular weight is 336 g/mol. The van der Waals surface area contributed by atoms with Crippen molar-refractivity contribution in [2.24, 2.45) is 0 Å². The van der Waals surface area contributed by atoms with E-state index in [0.717, 1.165) is 43.9 Å². The molecule has 0 N–H and O–H groups in total. The largest absolute Gasteiger partial charge is 0.378 e. The van der Waals surface area contributed by atoms with Gasteiger partial charge in [0.1, 0.15) is 5.76 Å². The number of carbonyl (C=O) groups excluding carboxylic acids is 1. The lowest BCUT2D eigenvalue weighted by atomic mass is 10.0. The lowest BCUT2D eigenvalue weighted by Gasteiger charge is -2.40. The second kappa shape index (κ2) is 7.53. The summed E-state index contributed by atoms with van der Waals surface area (Å²) in [4.78, 5) is 18.9. The van der Waals surface area contributed by atoms with Crippen molar-refractivity contribution in [3.05, 3.63) is 17.0 Å². The zero-order valence-corrected chi connectivity index (χ0v) is 15.0. The minimum absolute atomic E-state index is 0.127. The molecule has 2 fully saturated rings. The Morgan fingerprint density at radius 3 is 2.71 bits per heavy atom. The topological polar surface area (TPSA) is 62.1 Å². The van der Waals surface area contributed by atoms with E-state index in [9.17, 15) is 4.79 Å². The van der Waals surface area contributed by atoms with E-state index in [2.05, 4.69) is 10.1 Å². The Hall–Kier alpha value is -1.60. The smallest absolute Gasteiger partial charge is 0.320 e. The van der Waals surface area contributed by atoms with Gasteiger partial charge in [0.15, 0.2) is 0 Å². The van der Waals surface area contributed by atoms with E-state index in [1.165, 1.54) is 5.56 Å². The van der Waals surface area contributed by atoms with Crippen LogP contribution in [0.15, 0.2) is 4.52 Å². The Labute approximate surface area is 143 Å². The summed E-state index contributed by atoms with van der Waals surface area (Å²) in [5.41, 5.74) is 2.14. The van der Waals surface area contributed by atoms with Crippen molar-refractivity contribution in [3.8, 4) is 0 Å². The van der Waals surface area contributed by atoms with Crippen LogP contribution in [0.3, 0.4) is 0 Å². The summed E-state index contributed by atoms with van der Waals surface area (Å²) in [6.45, 7) is 9.42. The molecule has 134 valence electrons. The summed E-state index contributed by atoms with van der Waals surface area (Å²) in [5, 5.41) is 4.04. The molecule has 0 aromatic carbocycles. The molecule has 0 aliphatic carbocycles. The summed E-state index contributed by atoms with van der Waals surface area (Å²) in [7, 11) is 1.93. The second-order valence-electron chi connectivity index (χ2n) is 6.83. The highest BCUT2D eigenvalue weighted by Gasteiger charge is 2.30. The summed E-state index contributed by atoms with van der Waals surface area (Å²) < 4.78 is 10.6. The molecule has 1 unspecified atom stereocenters. The molecule has 1 atom stereocenters. The fourth-order valence-electron chi connectivity index (χ4n) is 3.58. The number of hydrogen-bond donors (Lipinski definition) is 0. The molecule has 1 aromatic rings. The normalized spacial score (nSPS) is 22.6. The predicted octanol–water partition coefficient (Wildman–Crippen LogP) is 1.64. The number of nitrogens with zero attached hydrogens (tertiary/aromatic N) is 4. The van der Waals surface area contributed by atoms with Crippen LogP contribution in [0.2, 0.25) is 0 Å². The molecule has 1 aromatic heterocycles. The van der Waals surface area contributed by atoms with Gasteiger partial charge in [-0.05, 0) is 33.2 Å². The van der Waals surface area contributed by atoms with Crippen LogP contribution in [0.25, 0.3) is 0 Å². The molecular formula is C17H28N4O3. The van der Waals surface area contributed by atoms with Gasteiger partial charge in [0.05, 0.1) is 18.9 Å². The number of piperidine rings is 1. The van der Waals surface area contributed by atoms with Gasteiger partial charge in [-0.1, -0.05) is 5.16 Å². The lowest BCUT2D eigenvalue weighted by Crippen LogP contribution is -2.54. The summed E-state index contributed by atoms with van der Waals surface area (Å²) in [5.74, 6) is 0.896. The third-order valence-electron chi connectivity index (χ3n) is 5.17. The number of aryl methyl sites for hydroxylation is 2. The van der Waals surface area contributed by atoms with Gasteiger partial charge in [-0.25, -0.2) is 4.79 Å². The average Bonchev–Trinajstić information content (AvgIpc) is 2.93. The van der Waals surface area contributed by atoms with Gasteiger partial charge >= 0.3 is 6.03 Å². The van der Waals surface area contributed by atoms with E-state index in [1.54, 1.807) is 0 Å². The number of amides is 2. The molecule has 0 bridgehead atoms. The van der Waals surface area contributed by atoms with Crippen molar-refractivity contribution in [3.63, 3.8) is 0 Å². The Bertz CT molecular complexity index is 549. The molecule has 0 radical (unpaired) electrons. The van der Waals surface area contributed by atoms with Crippen LogP contribution in [0.1, 0.15) is 29.9 Å². The maximum atomic E-state index is 12.7. The number of carbonyl (C=O) groups is 1. The molecular weight excluding hydrogens is 308 g/mol. The van der Waals surface area contributed by atoms with Gasteiger partial charge in [0.25, 0.3) is 0 Å². The molecule has 2 saturated heterocycles. The molecule has 2 aliphatic rings. The van der Waals surface area contributed by atoms with E-state index < -0.39 is 0 Å². The standard InChI is InChI=1S/C17H28N4O3/c1-13-16(14(2)24-18-13)12-20-6-4-5-15(11-20)19(3)17(22)21-7-9-23-10-8-21/h15H,4-12H2,1-3H3. The number of ether oxygens (including phenoxy) is 1. The summed E-state index contributed by atoms with van der Waals surface area (Å²) >= 11 is 0. The van der Waals surface area contributed by atoms with Crippen molar-refractivity contribution in [2.45, 2.75) is 39.3 Å². The first-order chi connectivity index (χ1) is 11.6. The minimum Gasteiger partial charge on any atom is -0.378 e. The Morgan fingerprint density at radius 2 is 2.04 bits per heavy atom. The first-order valence-electron chi connectivity index (χ1n) is 8.80. The van der Waals surface area contributed by atoms with E-state index in [0.29, 0.717) is 26.3 Å². The second-order valence-corrected chi connectivity index (χ2v) is 6.83. The molecule has 0 saturated carbocycles. The predicted molar refractivity (Wildman–Crippen MR) is 89.8 cm³/mol. The highest BCUT2D eigenvalue weighted by atomic mass is 16.5. The molecule has 2 aliphatic heterocycles. The van der Waals surface area contributed by atoms with Gasteiger partial charge < -0.3 is 19.1 Å². The van der Waals surface area contributed by atoms with Crippen LogP contribution >= 0.6 is 0 Å². The first kappa shape index (κ1) is 17.2.